The first-order valence-electron chi connectivity index (χ1n) is 1.00. The molecule has 0 amide bonds. The highest BCUT2D eigenvalue weighted by molar-refractivity contribution is 7.20. The van der Waals surface area contributed by atoms with Crippen LogP contribution in [0.3, 0.4) is 0 Å². The van der Waals surface area contributed by atoms with Gasteiger partial charge in [-0.1, -0.05) is 0 Å². The standard InChI is InChI=1S/CHClNO2P/c2-1(4)5-6-3/h3H. The van der Waals surface area contributed by atoms with Gasteiger partial charge in [-0.2, -0.15) is 0 Å². The molecule has 0 aromatic heterocycles. The second-order valence-electron chi connectivity index (χ2n) is 0.420. The molecule has 0 aromatic rings. The summed E-state index contributed by atoms with van der Waals surface area (Å²) in [5, 5.41) is 6.18. The molecule has 0 atom stereocenters. The molecule has 0 bridgehead atoms. The molecule has 6 heavy (non-hydrogen) atoms. The summed E-state index contributed by atoms with van der Waals surface area (Å²) < 4.78 is 3.81. The van der Waals surface area contributed by atoms with E-state index in [4.69, 9.17) is 5.16 Å². The van der Waals surface area contributed by atoms with Crippen LogP contribution in [0.5, 0.6) is 0 Å². The molecule has 0 rings (SSSR count). The van der Waals surface area contributed by atoms with E-state index in [1.54, 1.807) is 0 Å². The van der Waals surface area contributed by atoms with Gasteiger partial charge in [0.1, 0.15) is 0 Å². The molecule has 0 saturated carbocycles. The third-order valence-corrected chi connectivity index (χ3v) is 0.559. The molecule has 0 fully saturated rings. The molecular formula is CHClNO2P. The summed E-state index contributed by atoms with van der Waals surface area (Å²) in [5.74, 6) is 0. The summed E-state index contributed by atoms with van der Waals surface area (Å²) in [7, 11) is -0.208. The number of hydrogen-bond donors (Lipinski definition) is 1. The lowest BCUT2D eigenvalue weighted by atomic mass is 11.6. The van der Waals surface area contributed by atoms with Gasteiger partial charge in [-0.25, -0.2) is 9.96 Å². The molecule has 0 spiro atoms. The molecule has 3 nitrogen and oxygen atoms in total. The first-order chi connectivity index (χ1) is 2.77. The highest BCUT2D eigenvalue weighted by Crippen LogP contribution is 1.98. The largest absolute Gasteiger partial charge is 0.413 e. The Kier molecular flexibility index (Phi) is 2.99. The van der Waals surface area contributed by atoms with E-state index >= 15 is 0 Å². The quantitative estimate of drug-likeness (QED) is 0.430. The Morgan fingerprint density at radius 3 is 2.50 bits per heavy atom. The molecule has 0 aliphatic heterocycles. The zero-order chi connectivity index (χ0) is 4.99. The molecule has 0 aliphatic rings. The summed E-state index contributed by atoms with van der Waals surface area (Å²) in [4.78, 5) is 9.46. The van der Waals surface area contributed by atoms with Crippen molar-refractivity contribution in [2.75, 3.05) is 0 Å². The Bertz CT molecular complexity index is 73.9. The minimum atomic E-state index is -0.938. The minimum Gasteiger partial charge on any atom is -0.377 e. The third kappa shape index (κ3) is 3.86. The molecule has 1 N–H and O–H groups in total. The van der Waals surface area contributed by atoms with Crippen LogP contribution < -0.4 is 0 Å². The molecule has 0 saturated heterocycles. The van der Waals surface area contributed by atoms with Gasteiger partial charge in [-0.3, -0.25) is 0 Å². The van der Waals surface area contributed by atoms with E-state index in [0.717, 1.165) is 0 Å². The van der Waals surface area contributed by atoms with Crippen molar-refractivity contribution in [3.8, 4) is 0 Å². The van der Waals surface area contributed by atoms with E-state index in [1.165, 1.54) is 0 Å². The topological polar surface area (TPSA) is 50.1 Å². The number of halogens is 1. The van der Waals surface area contributed by atoms with Crippen LogP contribution in [0.25, 0.3) is 0 Å². The van der Waals surface area contributed by atoms with Gasteiger partial charge in [0.05, 0.1) is 0 Å². The van der Waals surface area contributed by atoms with Gasteiger partial charge in [-0.15, -0.1) is 0 Å². The molecular weight excluding hydrogens is 124 g/mol. The lowest BCUT2D eigenvalue weighted by molar-refractivity contribution is 0.232. The van der Waals surface area contributed by atoms with E-state index in [2.05, 4.69) is 16.1 Å². The Hall–Kier alpha value is -0.140. The van der Waals surface area contributed by atoms with Crippen LogP contribution >= 0.6 is 20.2 Å². The van der Waals surface area contributed by atoms with Crippen LogP contribution in [-0.2, 0) is 4.52 Å². The van der Waals surface area contributed by atoms with Crippen molar-refractivity contribution in [2.45, 2.75) is 0 Å². The molecule has 0 unspecified atom stereocenters. The third-order valence-electron chi connectivity index (χ3n) is 0.117. The van der Waals surface area contributed by atoms with Crippen molar-refractivity contribution < 1.29 is 9.32 Å². The van der Waals surface area contributed by atoms with E-state index in [-0.39, 0.29) is 8.60 Å². The summed E-state index contributed by atoms with van der Waals surface area (Å²) in [6.45, 7) is 0. The molecule has 5 heteroatoms. The zero-order valence-corrected chi connectivity index (χ0v) is 4.29. The van der Waals surface area contributed by atoms with E-state index in [9.17, 15) is 4.79 Å². The highest BCUT2D eigenvalue weighted by atomic mass is 35.5. The maximum Gasteiger partial charge on any atom is 0.413 e. The Balaban J connectivity index is 3.05. The number of carbonyl (C=O) groups excluding carboxylic acids is 1. The fraction of sp³-hybridized carbons (Fsp3) is 0. The molecule has 0 aliphatic carbocycles. The predicted octanol–water partition coefficient (Wildman–Crippen LogP) is 1.99. The average molecular weight is 125 g/mol. The van der Waals surface area contributed by atoms with Gasteiger partial charge in [0.15, 0.2) is 0 Å². The smallest absolute Gasteiger partial charge is 0.377 e. The first kappa shape index (κ1) is 5.86. The van der Waals surface area contributed by atoms with Crippen molar-refractivity contribution in [3.63, 3.8) is 0 Å². The summed E-state index contributed by atoms with van der Waals surface area (Å²) >= 11 is 4.59. The van der Waals surface area contributed by atoms with Crippen LogP contribution in [0, 0.1) is 5.16 Å². The molecule has 0 heterocycles. The van der Waals surface area contributed by atoms with E-state index < -0.39 is 5.43 Å². The van der Waals surface area contributed by atoms with Crippen molar-refractivity contribution >= 4 is 25.6 Å². The minimum absolute atomic E-state index is 0.208. The lowest BCUT2D eigenvalue weighted by Gasteiger charge is -1.76. The highest BCUT2D eigenvalue weighted by Gasteiger charge is 1.86. The van der Waals surface area contributed by atoms with Gasteiger partial charge in [0, 0.05) is 11.6 Å². The number of nitrogens with one attached hydrogen (secondary N) is 1. The zero-order valence-electron chi connectivity index (χ0n) is 2.64. The number of hydrogen-bond acceptors (Lipinski definition) is 3. The van der Waals surface area contributed by atoms with Crippen LogP contribution in [-0.4, -0.2) is 5.43 Å². The van der Waals surface area contributed by atoms with Gasteiger partial charge in [-0.05, 0) is 0 Å². The van der Waals surface area contributed by atoms with E-state index in [1.807, 2.05) is 0 Å². The fourth-order valence-electron chi connectivity index (χ4n) is 0.0359. The summed E-state index contributed by atoms with van der Waals surface area (Å²) in [6, 6.07) is 0. The number of carbonyl (C=O) groups is 1. The van der Waals surface area contributed by atoms with Crippen LogP contribution in [0.4, 0.5) is 4.79 Å². The molecule has 34 valence electrons. The maximum absolute atomic E-state index is 9.46. The Morgan fingerprint density at radius 1 is 2.00 bits per heavy atom. The fourth-order valence-corrected chi connectivity index (χ4v) is 0.211. The maximum atomic E-state index is 9.46. The van der Waals surface area contributed by atoms with Crippen molar-refractivity contribution in [3.05, 3.63) is 0 Å². The lowest BCUT2D eigenvalue weighted by Crippen LogP contribution is -1.73. The van der Waals surface area contributed by atoms with Crippen molar-refractivity contribution in [1.29, 1.82) is 5.16 Å². The predicted molar refractivity (Wildman–Crippen MR) is 22.0 cm³/mol. The second kappa shape index (κ2) is 3.07. The van der Waals surface area contributed by atoms with Crippen LogP contribution in [0.15, 0.2) is 0 Å². The summed E-state index contributed by atoms with van der Waals surface area (Å²) in [6.07, 6.45) is 0. The van der Waals surface area contributed by atoms with Gasteiger partial charge in [0.2, 0.25) is 8.60 Å². The van der Waals surface area contributed by atoms with Crippen molar-refractivity contribution in [2.24, 2.45) is 0 Å². The van der Waals surface area contributed by atoms with Gasteiger partial charge in [0.25, 0.3) is 0 Å². The average Bonchev–Trinajstić information content (AvgIpc) is 1.35. The first-order valence-corrected chi connectivity index (χ1v) is 2.19. The second-order valence-corrected chi connectivity index (χ2v) is 1.09. The number of rotatable bonds is 1. The monoisotopic (exact) mass is 125 g/mol. The SMILES string of the molecule is N=POC(=O)Cl. The van der Waals surface area contributed by atoms with Crippen molar-refractivity contribution in [1.82, 2.24) is 0 Å². The van der Waals surface area contributed by atoms with Crippen LogP contribution in [0.2, 0.25) is 0 Å². The van der Waals surface area contributed by atoms with Gasteiger partial charge >= 0.3 is 5.43 Å². The Morgan fingerprint density at radius 2 is 2.50 bits per heavy atom. The van der Waals surface area contributed by atoms with Crippen LogP contribution in [0.1, 0.15) is 0 Å². The van der Waals surface area contributed by atoms with E-state index in [0.29, 0.717) is 0 Å². The Labute approximate surface area is 41.0 Å². The summed E-state index contributed by atoms with van der Waals surface area (Å²) in [5.41, 5.74) is -0.938. The molecule has 0 aromatic carbocycles. The van der Waals surface area contributed by atoms with Gasteiger partial charge < -0.3 is 4.52 Å². The molecule has 0 radical (unpaired) electrons. The normalized spacial score (nSPS) is 8.17.